The number of hydrogen-bond donors (Lipinski definition) is 0. The van der Waals surface area contributed by atoms with Crippen molar-refractivity contribution in [1.29, 1.82) is 0 Å². The summed E-state index contributed by atoms with van der Waals surface area (Å²) in [6.45, 7) is 6.19. The summed E-state index contributed by atoms with van der Waals surface area (Å²) in [6.07, 6.45) is 0. The second-order valence-corrected chi connectivity index (χ2v) is 8.30. The molecule has 5 heteroatoms. The van der Waals surface area contributed by atoms with E-state index in [1.807, 2.05) is 48.5 Å². The number of hydrogen-bond acceptors (Lipinski definition) is 5. The van der Waals surface area contributed by atoms with E-state index >= 15 is 0 Å². The highest BCUT2D eigenvalue weighted by atomic mass is 16.3. The Kier molecular flexibility index (Phi) is 4.95. The fraction of sp³-hybridized carbons (Fsp3) is 0.138. The van der Waals surface area contributed by atoms with Gasteiger partial charge in [0, 0.05) is 47.1 Å². The fourth-order valence-electron chi connectivity index (χ4n) is 4.54. The minimum atomic E-state index is 0.667. The summed E-state index contributed by atoms with van der Waals surface area (Å²) in [6, 6.07) is 28.5. The Balaban J connectivity index is 1.60. The molecule has 34 heavy (non-hydrogen) atoms. The van der Waals surface area contributed by atoms with Gasteiger partial charge in [-0.15, -0.1) is 0 Å². The minimum absolute atomic E-state index is 0.667. The van der Waals surface area contributed by atoms with E-state index in [-0.39, 0.29) is 0 Å². The number of pyridine rings is 1. The van der Waals surface area contributed by atoms with E-state index in [0.29, 0.717) is 11.6 Å². The molecule has 0 unspecified atom stereocenters. The summed E-state index contributed by atoms with van der Waals surface area (Å²) < 4.78 is 6.41. The molecule has 1 aliphatic heterocycles. The van der Waals surface area contributed by atoms with Gasteiger partial charge in [-0.25, -0.2) is 15.0 Å². The third-order valence-electron chi connectivity index (χ3n) is 6.30. The molecular formula is C29H24N4O. The third kappa shape index (κ3) is 3.46. The molecule has 2 heterocycles. The molecule has 5 nitrogen and oxygen atoms in total. The van der Waals surface area contributed by atoms with Gasteiger partial charge in [0.15, 0.2) is 17.2 Å². The average molecular weight is 445 g/mol. The first kappa shape index (κ1) is 20.4. The Morgan fingerprint density at radius 3 is 2.41 bits per heavy atom. The van der Waals surface area contributed by atoms with Gasteiger partial charge in [0.05, 0.1) is 10.9 Å². The predicted molar refractivity (Wildman–Crippen MR) is 139 cm³/mol. The van der Waals surface area contributed by atoms with Crippen molar-refractivity contribution in [2.24, 2.45) is 4.99 Å². The molecule has 0 saturated heterocycles. The molecule has 0 fully saturated rings. The Morgan fingerprint density at radius 2 is 1.56 bits per heavy atom. The Labute approximate surface area is 197 Å². The largest absolute Gasteiger partial charge is 0.453 e. The van der Waals surface area contributed by atoms with Crippen LogP contribution in [0.2, 0.25) is 0 Å². The quantitative estimate of drug-likeness (QED) is 0.224. The first-order chi connectivity index (χ1) is 16.7. The van der Waals surface area contributed by atoms with Crippen LogP contribution in [0.1, 0.15) is 13.8 Å². The second kappa shape index (κ2) is 8.27. The van der Waals surface area contributed by atoms with Crippen LogP contribution in [0.5, 0.6) is 0 Å². The molecule has 166 valence electrons. The zero-order chi connectivity index (χ0) is 23.1. The van der Waals surface area contributed by atoms with Crippen LogP contribution in [0.4, 0.5) is 11.5 Å². The van der Waals surface area contributed by atoms with E-state index in [0.717, 1.165) is 62.6 Å². The molecule has 0 amide bonds. The zero-order valence-corrected chi connectivity index (χ0v) is 19.2. The first-order valence-electron chi connectivity index (χ1n) is 11.7. The lowest BCUT2D eigenvalue weighted by atomic mass is 10.0. The van der Waals surface area contributed by atoms with Crippen molar-refractivity contribution in [3.05, 3.63) is 90.3 Å². The topological polar surface area (TPSA) is 54.5 Å². The van der Waals surface area contributed by atoms with Gasteiger partial charge in [-0.2, -0.15) is 0 Å². The van der Waals surface area contributed by atoms with Crippen molar-refractivity contribution in [2.75, 3.05) is 18.0 Å². The van der Waals surface area contributed by atoms with Crippen LogP contribution >= 0.6 is 0 Å². The van der Waals surface area contributed by atoms with Crippen molar-refractivity contribution < 1.29 is 4.42 Å². The number of nitrogens with zero attached hydrogens (tertiary/aromatic N) is 4. The molecule has 4 aromatic rings. The van der Waals surface area contributed by atoms with Crippen LogP contribution in [0.15, 0.2) is 94.3 Å². The lowest BCUT2D eigenvalue weighted by Crippen LogP contribution is -2.21. The number of fused-ring (bicyclic) bond motifs is 5. The monoisotopic (exact) mass is 444 g/mol. The van der Waals surface area contributed by atoms with Gasteiger partial charge < -0.3 is 9.32 Å². The summed E-state index contributed by atoms with van der Waals surface area (Å²) in [5.41, 5.74) is 4.50. The average Bonchev–Trinajstić information content (AvgIpc) is 2.88. The summed E-state index contributed by atoms with van der Waals surface area (Å²) in [5, 5.41) is 3.94. The van der Waals surface area contributed by atoms with Gasteiger partial charge in [0.1, 0.15) is 11.2 Å². The Hall–Kier alpha value is -4.25. The van der Waals surface area contributed by atoms with Gasteiger partial charge in [-0.3, -0.25) is 0 Å². The molecule has 1 aliphatic carbocycles. The lowest BCUT2D eigenvalue weighted by molar-refractivity contribution is 0.613. The molecule has 2 aliphatic rings. The molecule has 1 aromatic heterocycles. The smallest absolute Gasteiger partial charge is 0.155 e. The summed E-state index contributed by atoms with van der Waals surface area (Å²) in [4.78, 5) is 16.9. The highest BCUT2D eigenvalue weighted by molar-refractivity contribution is 5.96. The molecule has 3 aromatic carbocycles. The molecule has 0 atom stereocenters. The van der Waals surface area contributed by atoms with Crippen molar-refractivity contribution in [2.45, 2.75) is 13.8 Å². The highest BCUT2D eigenvalue weighted by Gasteiger charge is 2.16. The Bertz CT molecular complexity index is 1700. The Morgan fingerprint density at radius 1 is 0.765 bits per heavy atom. The van der Waals surface area contributed by atoms with E-state index < -0.39 is 0 Å². The van der Waals surface area contributed by atoms with E-state index in [4.69, 9.17) is 19.4 Å². The maximum Gasteiger partial charge on any atom is 0.155 e. The maximum atomic E-state index is 6.41. The van der Waals surface area contributed by atoms with E-state index in [1.54, 1.807) is 0 Å². The fourth-order valence-corrected chi connectivity index (χ4v) is 4.54. The first-order valence-corrected chi connectivity index (χ1v) is 11.7. The molecule has 0 radical (unpaired) electrons. The number of benzene rings is 4. The SMILES string of the molecule is CCN(CC)c1ccc2nc3c4ccccc4/c(=N\c4ccc5ccccc5n4)cc-3oc2c1. The number of aromatic nitrogens is 2. The van der Waals surface area contributed by atoms with E-state index in [2.05, 4.69) is 55.1 Å². The standard InChI is InChI=1S/C29H24N4O/c1-3-33(4-2)20-14-15-24-26(17-20)34-27-18-25(21-10-6-7-11-22(21)29(27)32-24)31-28-16-13-19-9-5-8-12-23(19)30-28/h5-18H,3-4H2,1-2H3/b31-25-. The second-order valence-electron chi connectivity index (χ2n) is 8.30. The lowest BCUT2D eigenvalue weighted by Gasteiger charge is -2.21. The minimum Gasteiger partial charge on any atom is -0.453 e. The van der Waals surface area contributed by atoms with Crippen LogP contribution in [0.3, 0.4) is 0 Å². The van der Waals surface area contributed by atoms with Gasteiger partial charge in [-0.1, -0.05) is 42.5 Å². The third-order valence-corrected chi connectivity index (χ3v) is 6.30. The maximum absolute atomic E-state index is 6.41. The zero-order valence-electron chi connectivity index (χ0n) is 19.2. The molecule has 0 bridgehead atoms. The van der Waals surface area contributed by atoms with Crippen LogP contribution in [-0.2, 0) is 0 Å². The van der Waals surface area contributed by atoms with E-state index in [1.165, 1.54) is 0 Å². The van der Waals surface area contributed by atoms with Crippen LogP contribution in [-0.4, -0.2) is 23.1 Å². The number of anilines is 1. The van der Waals surface area contributed by atoms with Crippen LogP contribution in [0, 0.1) is 0 Å². The predicted octanol–water partition coefficient (Wildman–Crippen LogP) is 6.71. The van der Waals surface area contributed by atoms with Crippen LogP contribution < -0.4 is 10.3 Å². The van der Waals surface area contributed by atoms with Crippen LogP contribution in [0.25, 0.3) is 44.2 Å². The molecule has 0 spiro atoms. The molecule has 0 N–H and O–H groups in total. The molecular weight excluding hydrogens is 420 g/mol. The molecule has 0 saturated carbocycles. The summed E-state index contributed by atoms with van der Waals surface area (Å²) in [5.74, 6) is 1.38. The molecule has 6 rings (SSSR count). The van der Waals surface area contributed by atoms with Crippen molar-refractivity contribution in [3.8, 4) is 11.5 Å². The number of para-hydroxylation sites is 1. The van der Waals surface area contributed by atoms with Crippen molar-refractivity contribution in [3.63, 3.8) is 0 Å². The van der Waals surface area contributed by atoms with Gasteiger partial charge in [0.25, 0.3) is 0 Å². The van der Waals surface area contributed by atoms with Gasteiger partial charge >= 0.3 is 0 Å². The van der Waals surface area contributed by atoms with Crippen molar-refractivity contribution >= 4 is 44.3 Å². The number of rotatable bonds is 4. The van der Waals surface area contributed by atoms with Crippen molar-refractivity contribution in [1.82, 2.24) is 9.97 Å². The normalized spacial score (nSPS) is 12.2. The van der Waals surface area contributed by atoms with Gasteiger partial charge in [-0.05, 0) is 44.2 Å². The van der Waals surface area contributed by atoms with E-state index in [9.17, 15) is 0 Å². The summed E-state index contributed by atoms with van der Waals surface area (Å²) >= 11 is 0. The highest BCUT2D eigenvalue weighted by Crippen LogP contribution is 2.32. The van der Waals surface area contributed by atoms with Gasteiger partial charge in [0.2, 0.25) is 0 Å². The summed E-state index contributed by atoms with van der Waals surface area (Å²) in [7, 11) is 0.